The zero-order chi connectivity index (χ0) is 15.4. The van der Waals surface area contributed by atoms with E-state index in [-0.39, 0.29) is 21.4 Å². The largest absolute Gasteiger partial charge is 0.506 e. The minimum atomic E-state index is -0.748. The number of nitrogens with one attached hydrogen (secondary N) is 2. The summed E-state index contributed by atoms with van der Waals surface area (Å²) in [5.74, 6) is -0.803. The second-order valence-electron chi connectivity index (χ2n) is 4.05. The van der Waals surface area contributed by atoms with Crippen molar-refractivity contribution < 1.29 is 14.7 Å². The zero-order valence-electron chi connectivity index (χ0n) is 10.6. The molecule has 0 fully saturated rings. The molecule has 2 rings (SSSR count). The monoisotopic (exact) mass is 324 g/mol. The third-order valence-corrected chi connectivity index (χ3v) is 3.20. The summed E-state index contributed by atoms with van der Waals surface area (Å²) < 4.78 is 0. The van der Waals surface area contributed by atoms with Crippen molar-refractivity contribution in [2.24, 2.45) is 0 Å². The molecule has 2 aromatic rings. The Morgan fingerprint density at radius 1 is 1.00 bits per heavy atom. The number of halogens is 2. The van der Waals surface area contributed by atoms with Crippen LogP contribution in [0.25, 0.3) is 0 Å². The fourth-order valence-electron chi connectivity index (χ4n) is 1.57. The predicted molar refractivity (Wildman–Crippen MR) is 81.1 cm³/mol. The summed E-state index contributed by atoms with van der Waals surface area (Å²) in [5.41, 5.74) is 0.481. The Labute approximate surface area is 130 Å². The van der Waals surface area contributed by atoms with Crippen molar-refractivity contribution in [3.8, 4) is 5.75 Å². The second kappa shape index (κ2) is 6.47. The molecule has 0 saturated carbocycles. The molecule has 5 nitrogen and oxygen atoms in total. The first-order valence-corrected chi connectivity index (χ1v) is 6.58. The highest BCUT2D eigenvalue weighted by Crippen LogP contribution is 2.26. The molecule has 21 heavy (non-hydrogen) atoms. The van der Waals surface area contributed by atoms with E-state index in [1.165, 1.54) is 24.3 Å². The number of amides is 3. The fourth-order valence-corrected chi connectivity index (χ4v) is 1.91. The highest BCUT2D eigenvalue weighted by Gasteiger charge is 2.13. The van der Waals surface area contributed by atoms with E-state index in [1.807, 2.05) is 0 Å². The number of anilines is 1. The van der Waals surface area contributed by atoms with Crippen LogP contribution in [-0.4, -0.2) is 17.0 Å². The van der Waals surface area contributed by atoms with Gasteiger partial charge in [0.05, 0.1) is 15.6 Å². The molecule has 0 aliphatic carbocycles. The molecule has 0 aromatic heterocycles. The van der Waals surface area contributed by atoms with Crippen molar-refractivity contribution in [3.63, 3.8) is 0 Å². The van der Waals surface area contributed by atoms with E-state index in [0.29, 0.717) is 5.69 Å². The lowest BCUT2D eigenvalue weighted by Gasteiger charge is -2.08. The lowest BCUT2D eigenvalue weighted by Crippen LogP contribution is -2.34. The molecule has 0 unspecified atom stereocenters. The molecule has 3 amide bonds. The second-order valence-corrected chi connectivity index (χ2v) is 4.87. The summed E-state index contributed by atoms with van der Waals surface area (Å²) in [6, 6.07) is 9.78. The summed E-state index contributed by atoms with van der Waals surface area (Å²) in [6.45, 7) is 0. The Kier molecular flexibility index (Phi) is 4.67. The van der Waals surface area contributed by atoms with E-state index in [1.54, 1.807) is 18.2 Å². The molecule has 0 aliphatic rings. The van der Waals surface area contributed by atoms with Crippen molar-refractivity contribution in [2.75, 3.05) is 5.32 Å². The number of benzene rings is 2. The molecule has 0 aliphatic heterocycles. The molecule has 0 bridgehead atoms. The number of carbonyl (C=O) groups excluding carboxylic acids is 2. The number of hydrogen-bond donors (Lipinski definition) is 3. The Bertz CT molecular complexity index is 704. The van der Waals surface area contributed by atoms with Gasteiger partial charge in [0.2, 0.25) is 0 Å². The number of phenolic OH excluding ortho intramolecular Hbond substituents is 1. The third kappa shape index (κ3) is 3.87. The quantitative estimate of drug-likeness (QED) is 0.788. The van der Waals surface area contributed by atoms with Gasteiger partial charge in [-0.25, -0.2) is 4.79 Å². The minimum Gasteiger partial charge on any atom is -0.506 e. The van der Waals surface area contributed by atoms with Crippen LogP contribution in [0.2, 0.25) is 10.0 Å². The highest BCUT2D eigenvalue weighted by molar-refractivity contribution is 6.34. The molecular weight excluding hydrogens is 315 g/mol. The first-order valence-electron chi connectivity index (χ1n) is 5.83. The number of rotatable bonds is 2. The summed E-state index contributed by atoms with van der Waals surface area (Å²) in [7, 11) is 0. The van der Waals surface area contributed by atoms with Crippen LogP contribution in [0.4, 0.5) is 10.5 Å². The number of imide groups is 1. The molecule has 0 heterocycles. The van der Waals surface area contributed by atoms with Crippen molar-refractivity contribution >= 4 is 40.8 Å². The van der Waals surface area contributed by atoms with Gasteiger partial charge in [-0.05, 0) is 24.3 Å². The van der Waals surface area contributed by atoms with E-state index in [0.717, 1.165) is 0 Å². The molecule has 0 radical (unpaired) electrons. The third-order valence-electron chi connectivity index (χ3n) is 2.55. The molecule has 0 saturated heterocycles. The summed E-state index contributed by atoms with van der Waals surface area (Å²) >= 11 is 11.5. The maximum absolute atomic E-state index is 11.9. The smallest absolute Gasteiger partial charge is 0.326 e. The molecule has 3 N–H and O–H groups in total. The van der Waals surface area contributed by atoms with Crippen LogP contribution in [0.15, 0.2) is 42.5 Å². The van der Waals surface area contributed by atoms with Crippen LogP contribution >= 0.6 is 23.2 Å². The van der Waals surface area contributed by atoms with Gasteiger partial charge in [-0.1, -0.05) is 35.3 Å². The van der Waals surface area contributed by atoms with Crippen LogP contribution in [0, 0.1) is 0 Å². The van der Waals surface area contributed by atoms with Crippen molar-refractivity contribution in [2.45, 2.75) is 0 Å². The van der Waals surface area contributed by atoms with Crippen LogP contribution in [-0.2, 0) is 0 Å². The molecular formula is C14H10Cl2N2O3. The Hall–Kier alpha value is -2.24. The van der Waals surface area contributed by atoms with Crippen molar-refractivity contribution in [1.29, 1.82) is 0 Å². The van der Waals surface area contributed by atoms with Crippen molar-refractivity contribution in [1.82, 2.24) is 5.32 Å². The first kappa shape index (κ1) is 15.2. The van der Waals surface area contributed by atoms with E-state index in [2.05, 4.69) is 10.6 Å². The van der Waals surface area contributed by atoms with Gasteiger partial charge >= 0.3 is 6.03 Å². The topological polar surface area (TPSA) is 78.4 Å². The van der Waals surface area contributed by atoms with Crippen LogP contribution < -0.4 is 10.6 Å². The van der Waals surface area contributed by atoms with Gasteiger partial charge in [0.1, 0.15) is 5.75 Å². The van der Waals surface area contributed by atoms with Gasteiger partial charge in [-0.2, -0.15) is 0 Å². The van der Waals surface area contributed by atoms with Gasteiger partial charge in [-0.15, -0.1) is 0 Å². The molecule has 0 atom stereocenters. The normalized spacial score (nSPS) is 10.0. The lowest BCUT2D eigenvalue weighted by atomic mass is 10.2. The van der Waals surface area contributed by atoms with E-state index < -0.39 is 11.9 Å². The molecule has 108 valence electrons. The number of urea groups is 1. The van der Waals surface area contributed by atoms with Gasteiger partial charge in [-0.3, -0.25) is 10.1 Å². The maximum Gasteiger partial charge on any atom is 0.326 e. The Morgan fingerprint density at radius 3 is 2.38 bits per heavy atom. The molecule has 0 spiro atoms. The van der Waals surface area contributed by atoms with Crippen LogP contribution in [0.3, 0.4) is 0 Å². The average Bonchev–Trinajstić information content (AvgIpc) is 2.43. The predicted octanol–water partition coefficient (Wildman–Crippen LogP) is 3.66. The zero-order valence-corrected chi connectivity index (χ0v) is 12.1. The standard InChI is InChI=1S/C14H10Cl2N2O3/c15-10-4-2-1-3-9(10)13(20)18-14(21)17-8-5-6-11(16)12(19)7-8/h1-7,19H,(H2,17,18,20,21). The number of phenols is 1. The fraction of sp³-hybridized carbons (Fsp3) is 0. The number of hydrogen-bond acceptors (Lipinski definition) is 3. The van der Waals surface area contributed by atoms with Gasteiger partial charge < -0.3 is 10.4 Å². The number of carbonyl (C=O) groups is 2. The van der Waals surface area contributed by atoms with E-state index in [4.69, 9.17) is 23.2 Å². The SMILES string of the molecule is O=C(NC(=O)c1ccccc1Cl)Nc1ccc(Cl)c(O)c1. The number of aromatic hydroxyl groups is 1. The van der Waals surface area contributed by atoms with E-state index in [9.17, 15) is 14.7 Å². The van der Waals surface area contributed by atoms with Gasteiger partial charge in [0.25, 0.3) is 5.91 Å². The first-order chi connectivity index (χ1) is 9.97. The summed E-state index contributed by atoms with van der Waals surface area (Å²) in [5, 5.41) is 14.4. The summed E-state index contributed by atoms with van der Waals surface area (Å²) in [4.78, 5) is 23.6. The minimum absolute atomic E-state index is 0.160. The lowest BCUT2D eigenvalue weighted by molar-refractivity contribution is 0.0967. The maximum atomic E-state index is 11.9. The molecule has 2 aromatic carbocycles. The average molecular weight is 325 g/mol. The van der Waals surface area contributed by atoms with Crippen LogP contribution in [0.5, 0.6) is 5.75 Å². The Morgan fingerprint density at radius 2 is 1.71 bits per heavy atom. The van der Waals surface area contributed by atoms with Gasteiger partial charge in [0, 0.05) is 11.8 Å². The molecule has 7 heteroatoms. The van der Waals surface area contributed by atoms with Crippen molar-refractivity contribution in [3.05, 3.63) is 58.1 Å². The van der Waals surface area contributed by atoms with Gasteiger partial charge in [0.15, 0.2) is 0 Å². The van der Waals surface area contributed by atoms with E-state index >= 15 is 0 Å². The summed E-state index contributed by atoms with van der Waals surface area (Å²) in [6.07, 6.45) is 0. The van der Waals surface area contributed by atoms with Crippen LogP contribution in [0.1, 0.15) is 10.4 Å². The Balaban J connectivity index is 2.03. The highest BCUT2D eigenvalue weighted by atomic mass is 35.5.